The van der Waals surface area contributed by atoms with E-state index in [1.165, 1.54) is 35.4 Å². The first-order chi connectivity index (χ1) is 19.1. The number of amides is 2. The third kappa shape index (κ3) is 5.84. The molecular weight excluding hydrogens is 515 g/mol. The van der Waals surface area contributed by atoms with E-state index in [0.717, 1.165) is 5.56 Å². The number of pyridine rings is 1. The number of alkyl halides is 1. The predicted molar refractivity (Wildman–Crippen MR) is 149 cm³/mol. The summed E-state index contributed by atoms with van der Waals surface area (Å²) in [5, 5.41) is 13.6. The van der Waals surface area contributed by atoms with Gasteiger partial charge in [-0.1, -0.05) is 6.08 Å². The summed E-state index contributed by atoms with van der Waals surface area (Å²) in [6.07, 6.45) is 9.03. The van der Waals surface area contributed by atoms with E-state index in [-0.39, 0.29) is 25.0 Å². The van der Waals surface area contributed by atoms with Gasteiger partial charge in [-0.3, -0.25) is 14.6 Å². The van der Waals surface area contributed by atoms with Crippen LogP contribution in [0.4, 0.5) is 4.39 Å². The van der Waals surface area contributed by atoms with Gasteiger partial charge in [0.15, 0.2) is 0 Å². The van der Waals surface area contributed by atoms with E-state index in [0.29, 0.717) is 60.6 Å². The van der Waals surface area contributed by atoms with Crippen molar-refractivity contribution in [2.24, 2.45) is 10.7 Å². The molecule has 2 aliphatic rings. The molecule has 0 radical (unpaired) electrons. The molecule has 0 atom stereocenters. The second-order valence-corrected chi connectivity index (χ2v) is 10.4. The molecule has 2 aromatic heterocycles. The lowest BCUT2D eigenvalue weighted by Crippen LogP contribution is -2.68. The summed E-state index contributed by atoms with van der Waals surface area (Å²) in [4.78, 5) is 34.8. The first kappa shape index (κ1) is 28.8. The fourth-order valence-electron chi connectivity index (χ4n) is 5.04. The highest BCUT2D eigenvalue weighted by atomic mass is 19.1. The lowest BCUT2D eigenvalue weighted by Gasteiger charge is -2.45. The van der Waals surface area contributed by atoms with Gasteiger partial charge in [-0.25, -0.2) is 8.91 Å². The summed E-state index contributed by atoms with van der Waals surface area (Å²) in [5.74, 6) is -0.358. The van der Waals surface area contributed by atoms with Crippen molar-refractivity contribution in [1.29, 1.82) is 5.26 Å². The number of hydrogen-bond donors (Lipinski definition) is 1. The Morgan fingerprint density at radius 3 is 2.62 bits per heavy atom. The van der Waals surface area contributed by atoms with Gasteiger partial charge in [0.1, 0.15) is 22.9 Å². The number of fused-ring (bicyclic) bond motifs is 1. The summed E-state index contributed by atoms with van der Waals surface area (Å²) < 4.78 is 22.4. The standard InChI is InChI=1S/C28H35FN8O3/c1-19(23(14-31)20-12-24(40-4)26-21(13-30)15-32-37(26)16-20)33-22-7-10-35(11-8-22)27(39)28(29)17-36(18-28)25(38)6-5-9-34(2)3/h5-6,12,14-16,22H,7-11,17-18,31H2,1-4H3/b6-5+,23-14?,33-19?. The number of likely N-dealkylation sites (N-methyl/N-ethyl adjacent to an activating group) is 1. The zero-order chi connectivity index (χ0) is 29.0. The first-order valence-electron chi connectivity index (χ1n) is 13.1. The molecule has 11 nitrogen and oxygen atoms in total. The van der Waals surface area contributed by atoms with Crippen molar-refractivity contribution in [3.63, 3.8) is 0 Å². The summed E-state index contributed by atoms with van der Waals surface area (Å²) in [6, 6.07) is 3.85. The smallest absolute Gasteiger partial charge is 0.264 e. The fraction of sp³-hybridized carbons (Fsp3) is 0.464. The normalized spacial score (nSPS) is 18.3. The minimum atomic E-state index is -2.04. The van der Waals surface area contributed by atoms with Crippen molar-refractivity contribution in [3.8, 4) is 11.8 Å². The van der Waals surface area contributed by atoms with Gasteiger partial charge in [0.05, 0.1) is 32.4 Å². The number of carbonyl (C=O) groups is 2. The average molecular weight is 551 g/mol. The molecule has 0 saturated carbocycles. The average Bonchev–Trinajstić information content (AvgIpc) is 3.34. The molecule has 0 bridgehead atoms. The van der Waals surface area contributed by atoms with Gasteiger partial charge in [-0.05, 0) is 39.9 Å². The highest BCUT2D eigenvalue weighted by Crippen LogP contribution is 2.31. The Bertz CT molecular complexity index is 1410. The molecule has 2 fully saturated rings. The van der Waals surface area contributed by atoms with Crippen LogP contribution in [0.25, 0.3) is 11.1 Å². The van der Waals surface area contributed by atoms with Crippen molar-refractivity contribution < 1.29 is 18.7 Å². The summed E-state index contributed by atoms with van der Waals surface area (Å²) >= 11 is 0. The number of nitriles is 1. The lowest BCUT2D eigenvalue weighted by molar-refractivity contribution is -0.162. The second kappa shape index (κ2) is 11.9. The third-order valence-corrected chi connectivity index (χ3v) is 7.22. The van der Waals surface area contributed by atoms with Crippen LogP contribution in [0.1, 0.15) is 30.9 Å². The van der Waals surface area contributed by atoms with Crippen molar-refractivity contribution in [1.82, 2.24) is 24.3 Å². The number of carbonyl (C=O) groups excluding carboxylic acids is 2. The molecule has 4 heterocycles. The predicted octanol–water partition coefficient (Wildman–Crippen LogP) is 1.63. The molecule has 0 aliphatic carbocycles. The molecule has 0 spiro atoms. The quantitative estimate of drug-likeness (QED) is 0.390. The van der Waals surface area contributed by atoms with Gasteiger partial charge >= 0.3 is 0 Å². The third-order valence-electron chi connectivity index (χ3n) is 7.22. The summed E-state index contributed by atoms with van der Waals surface area (Å²) in [5.41, 5.74) is 7.05. The summed E-state index contributed by atoms with van der Waals surface area (Å²) in [7, 11) is 5.30. The Morgan fingerprint density at radius 2 is 2.02 bits per heavy atom. The van der Waals surface area contributed by atoms with Crippen LogP contribution in [0.3, 0.4) is 0 Å². The Morgan fingerprint density at radius 1 is 1.32 bits per heavy atom. The van der Waals surface area contributed by atoms with Gasteiger partial charge in [-0.2, -0.15) is 10.4 Å². The number of aromatic nitrogens is 2. The molecule has 2 aliphatic heterocycles. The van der Waals surface area contributed by atoms with E-state index < -0.39 is 11.6 Å². The van der Waals surface area contributed by atoms with Gasteiger partial charge < -0.3 is 25.2 Å². The van der Waals surface area contributed by atoms with E-state index in [1.54, 1.807) is 22.9 Å². The van der Waals surface area contributed by atoms with Crippen LogP contribution >= 0.6 is 0 Å². The molecule has 4 rings (SSSR count). The number of piperidine rings is 1. The maximum Gasteiger partial charge on any atom is 0.264 e. The number of allylic oxidation sites excluding steroid dienone is 1. The minimum Gasteiger partial charge on any atom is -0.494 e. The van der Waals surface area contributed by atoms with Crippen LogP contribution in [-0.2, 0) is 9.59 Å². The number of nitrogens with two attached hydrogens (primary N) is 1. The van der Waals surface area contributed by atoms with Crippen LogP contribution in [0.15, 0.2) is 41.8 Å². The number of aliphatic imine (C=N–C) groups is 1. The monoisotopic (exact) mass is 550 g/mol. The Labute approximate surface area is 233 Å². The largest absolute Gasteiger partial charge is 0.494 e. The van der Waals surface area contributed by atoms with Crippen molar-refractivity contribution >= 4 is 28.6 Å². The lowest BCUT2D eigenvalue weighted by atomic mass is 9.92. The maximum atomic E-state index is 15.3. The van der Waals surface area contributed by atoms with E-state index in [2.05, 4.69) is 11.2 Å². The summed E-state index contributed by atoms with van der Waals surface area (Å²) in [6.45, 7) is 2.79. The number of hydrogen-bond acceptors (Lipinski definition) is 8. The maximum absolute atomic E-state index is 15.3. The van der Waals surface area contributed by atoms with E-state index >= 15 is 4.39 Å². The number of rotatable bonds is 8. The van der Waals surface area contributed by atoms with Gasteiger partial charge in [0, 0.05) is 55.0 Å². The van der Waals surface area contributed by atoms with Gasteiger partial charge in [-0.15, -0.1) is 0 Å². The topological polar surface area (TPSA) is 133 Å². The Balaban J connectivity index is 1.36. The Kier molecular flexibility index (Phi) is 8.54. The highest BCUT2D eigenvalue weighted by Gasteiger charge is 2.53. The van der Waals surface area contributed by atoms with E-state index in [1.807, 2.05) is 25.9 Å². The van der Waals surface area contributed by atoms with Crippen LogP contribution in [0.2, 0.25) is 0 Å². The van der Waals surface area contributed by atoms with Crippen LogP contribution in [-0.4, -0.2) is 107 Å². The van der Waals surface area contributed by atoms with Crippen molar-refractivity contribution in [2.75, 3.05) is 53.9 Å². The van der Waals surface area contributed by atoms with Crippen molar-refractivity contribution in [2.45, 2.75) is 31.5 Å². The van der Waals surface area contributed by atoms with Gasteiger partial charge in [0.2, 0.25) is 11.6 Å². The molecule has 2 saturated heterocycles. The van der Waals surface area contributed by atoms with E-state index in [9.17, 15) is 14.9 Å². The molecular formula is C28H35FN8O3. The fourth-order valence-corrected chi connectivity index (χ4v) is 5.04. The molecule has 0 unspecified atom stereocenters. The molecule has 0 aromatic carbocycles. The minimum absolute atomic E-state index is 0.0589. The number of nitrogens with zero attached hydrogens (tertiary/aromatic N) is 7. The first-order valence-corrected chi connectivity index (χ1v) is 13.1. The van der Waals surface area contributed by atoms with Crippen LogP contribution in [0, 0.1) is 11.3 Å². The number of methoxy groups -OCH3 is 1. The molecule has 2 N–H and O–H groups in total. The van der Waals surface area contributed by atoms with Crippen LogP contribution in [0.5, 0.6) is 5.75 Å². The molecule has 212 valence electrons. The number of halogens is 1. The highest BCUT2D eigenvalue weighted by molar-refractivity contribution is 6.22. The number of ether oxygens (including phenoxy) is 1. The Hall–Kier alpha value is -4.24. The van der Waals surface area contributed by atoms with E-state index in [4.69, 9.17) is 15.5 Å². The second-order valence-electron chi connectivity index (χ2n) is 10.4. The zero-order valence-electron chi connectivity index (χ0n) is 23.3. The molecule has 12 heteroatoms. The number of likely N-dealkylation sites (tertiary alicyclic amines) is 2. The zero-order valence-corrected chi connectivity index (χ0v) is 23.3. The molecule has 2 aromatic rings. The SMILES string of the molecule is COc1cc(C(=CN)C(C)=NC2CCN(C(=O)C3(F)CN(C(=O)/C=C/CN(C)C)C3)CC2)cn2ncc(C#N)c12. The molecule has 2 amide bonds. The van der Waals surface area contributed by atoms with Crippen molar-refractivity contribution in [3.05, 3.63) is 47.9 Å². The molecule has 40 heavy (non-hydrogen) atoms. The van der Waals surface area contributed by atoms with Crippen LogP contribution < -0.4 is 10.5 Å². The van der Waals surface area contributed by atoms with Gasteiger partial charge in [0.25, 0.3) is 5.91 Å².